The highest BCUT2D eigenvalue weighted by molar-refractivity contribution is 6.30. The number of nitrogens with zero attached hydrogens (tertiary/aromatic N) is 5. The molecule has 1 aliphatic rings. The van der Waals surface area contributed by atoms with Crippen molar-refractivity contribution in [1.82, 2.24) is 14.7 Å². The van der Waals surface area contributed by atoms with E-state index in [2.05, 4.69) is 31.7 Å². The molecule has 1 aromatic carbocycles. The van der Waals surface area contributed by atoms with Gasteiger partial charge in [-0.2, -0.15) is 0 Å². The Morgan fingerprint density at radius 3 is 2.33 bits per heavy atom. The zero-order valence-corrected chi connectivity index (χ0v) is 16.1. The van der Waals surface area contributed by atoms with E-state index in [9.17, 15) is 0 Å². The topological polar surface area (TPSA) is 25.3 Å². The number of aliphatic imine (C=N–C) groups is 1. The summed E-state index contributed by atoms with van der Waals surface area (Å²) in [6, 6.07) is 8.14. The number of guanidine groups is 1. The Balaban J connectivity index is 1.73. The molecule has 1 heterocycles. The summed E-state index contributed by atoms with van der Waals surface area (Å²) in [5, 5.41) is 0.811. The Bertz CT molecular complexity index is 526. The molecule has 24 heavy (non-hydrogen) atoms. The maximum atomic E-state index is 6.09. The van der Waals surface area contributed by atoms with Gasteiger partial charge in [-0.3, -0.25) is 9.89 Å². The maximum Gasteiger partial charge on any atom is 0.195 e. The van der Waals surface area contributed by atoms with E-state index in [0.717, 1.165) is 56.7 Å². The van der Waals surface area contributed by atoms with E-state index in [4.69, 9.17) is 16.6 Å². The first-order valence-corrected chi connectivity index (χ1v) is 8.97. The van der Waals surface area contributed by atoms with E-state index < -0.39 is 0 Å². The van der Waals surface area contributed by atoms with Gasteiger partial charge in [-0.05, 0) is 24.6 Å². The number of anilines is 1. The minimum absolute atomic E-state index is 0.811. The van der Waals surface area contributed by atoms with Crippen LogP contribution in [0.25, 0.3) is 0 Å². The van der Waals surface area contributed by atoms with E-state index in [1.807, 2.05) is 40.3 Å². The normalized spacial score (nSPS) is 15.3. The monoisotopic (exact) mass is 351 g/mol. The Labute approximate surface area is 151 Å². The number of rotatable bonds is 5. The Morgan fingerprint density at radius 2 is 1.75 bits per heavy atom. The van der Waals surface area contributed by atoms with Gasteiger partial charge in [0.2, 0.25) is 0 Å². The first-order chi connectivity index (χ1) is 11.5. The zero-order valence-electron chi connectivity index (χ0n) is 15.4. The van der Waals surface area contributed by atoms with Crippen molar-refractivity contribution in [2.24, 2.45) is 4.99 Å². The van der Waals surface area contributed by atoms with E-state index in [0.29, 0.717) is 0 Å². The lowest BCUT2D eigenvalue weighted by molar-refractivity contribution is 0.256. The molecule has 1 aromatic rings. The smallest absolute Gasteiger partial charge is 0.195 e. The SMILES string of the molecule is CN(C)C(=NCCCN1CCN(c2cccc(Cl)c2)CC1)N(C)C. The van der Waals surface area contributed by atoms with Crippen LogP contribution in [0.15, 0.2) is 29.3 Å². The molecule has 0 spiro atoms. The highest BCUT2D eigenvalue weighted by Crippen LogP contribution is 2.20. The van der Waals surface area contributed by atoms with Gasteiger partial charge in [0.1, 0.15) is 0 Å². The summed E-state index contributed by atoms with van der Waals surface area (Å²) in [5.74, 6) is 1.03. The van der Waals surface area contributed by atoms with E-state index in [1.54, 1.807) is 0 Å². The molecule has 0 radical (unpaired) electrons. The number of piperazine rings is 1. The van der Waals surface area contributed by atoms with E-state index >= 15 is 0 Å². The zero-order chi connectivity index (χ0) is 17.5. The standard InChI is InChI=1S/C18H30ClN5/c1-21(2)18(22(3)4)20-9-6-10-23-11-13-24(14-12-23)17-8-5-7-16(19)15-17/h5,7-8,15H,6,9-14H2,1-4H3. The van der Waals surface area contributed by atoms with Crippen molar-refractivity contribution < 1.29 is 0 Å². The molecular formula is C18H30ClN5. The number of hydrogen-bond donors (Lipinski definition) is 0. The van der Waals surface area contributed by atoms with E-state index in [1.165, 1.54) is 5.69 Å². The fourth-order valence-corrected chi connectivity index (χ4v) is 3.24. The van der Waals surface area contributed by atoms with Crippen LogP contribution in [0.3, 0.4) is 0 Å². The van der Waals surface area contributed by atoms with E-state index in [-0.39, 0.29) is 0 Å². The van der Waals surface area contributed by atoms with Crippen molar-refractivity contribution in [3.8, 4) is 0 Å². The molecule has 0 N–H and O–H groups in total. The molecule has 0 atom stereocenters. The molecule has 2 rings (SSSR count). The Kier molecular flexibility index (Phi) is 7.18. The third kappa shape index (κ3) is 5.56. The van der Waals surface area contributed by atoms with Gasteiger partial charge in [-0.15, -0.1) is 0 Å². The minimum Gasteiger partial charge on any atom is -0.369 e. The second-order valence-electron chi connectivity index (χ2n) is 6.63. The third-order valence-corrected chi connectivity index (χ3v) is 4.47. The fourth-order valence-electron chi connectivity index (χ4n) is 3.06. The molecule has 0 unspecified atom stereocenters. The minimum atomic E-state index is 0.811. The second kappa shape index (κ2) is 9.14. The van der Waals surface area contributed by atoms with Gasteiger partial charge < -0.3 is 14.7 Å². The first kappa shape index (κ1) is 18.9. The maximum absolute atomic E-state index is 6.09. The predicted molar refractivity (Wildman–Crippen MR) is 104 cm³/mol. The lowest BCUT2D eigenvalue weighted by Gasteiger charge is -2.36. The molecule has 0 aromatic heterocycles. The van der Waals surface area contributed by atoms with Crippen LogP contribution in [-0.2, 0) is 0 Å². The van der Waals surface area contributed by atoms with Crippen molar-refractivity contribution in [2.45, 2.75) is 6.42 Å². The first-order valence-electron chi connectivity index (χ1n) is 8.59. The molecule has 0 amide bonds. The van der Waals surface area contributed by atoms with Crippen molar-refractivity contribution in [3.63, 3.8) is 0 Å². The lowest BCUT2D eigenvalue weighted by atomic mass is 10.2. The van der Waals surface area contributed by atoms with Crippen molar-refractivity contribution in [3.05, 3.63) is 29.3 Å². The van der Waals surface area contributed by atoms with Gasteiger partial charge in [0, 0.05) is 78.2 Å². The van der Waals surface area contributed by atoms with Crippen LogP contribution >= 0.6 is 11.6 Å². The van der Waals surface area contributed by atoms with Gasteiger partial charge in [-0.25, -0.2) is 0 Å². The summed E-state index contributed by atoms with van der Waals surface area (Å²) >= 11 is 6.09. The van der Waals surface area contributed by atoms with Gasteiger partial charge in [-0.1, -0.05) is 17.7 Å². The van der Waals surface area contributed by atoms with Gasteiger partial charge in [0.15, 0.2) is 5.96 Å². The van der Waals surface area contributed by atoms with Crippen molar-refractivity contribution in [2.75, 3.05) is 72.4 Å². The number of benzene rings is 1. The van der Waals surface area contributed by atoms with Crippen molar-refractivity contribution >= 4 is 23.2 Å². The fraction of sp³-hybridized carbons (Fsp3) is 0.611. The molecule has 1 saturated heterocycles. The Morgan fingerprint density at radius 1 is 1.08 bits per heavy atom. The summed E-state index contributed by atoms with van der Waals surface area (Å²) in [6.07, 6.45) is 1.10. The van der Waals surface area contributed by atoms with Crippen LogP contribution in [0, 0.1) is 0 Å². The Hall–Kier alpha value is -1.46. The van der Waals surface area contributed by atoms with Crippen LogP contribution in [0.1, 0.15) is 6.42 Å². The summed E-state index contributed by atoms with van der Waals surface area (Å²) in [6.45, 7) is 6.31. The van der Waals surface area contributed by atoms with Gasteiger partial charge in [0.05, 0.1) is 0 Å². The molecule has 1 aliphatic heterocycles. The van der Waals surface area contributed by atoms with Crippen LogP contribution in [0.4, 0.5) is 5.69 Å². The van der Waals surface area contributed by atoms with Crippen LogP contribution < -0.4 is 4.90 Å². The molecule has 0 aliphatic carbocycles. The van der Waals surface area contributed by atoms with Crippen LogP contribution in [-0.4, -0.2) is 88.1 Å². The van der Waals surface area contributed by atoms with Gasteiger partial charge >= 0.3 is 0 Å². The average Bonchev–Trinajstić information content (AvgIpc) is 2.54. The molecular weight excluding hydrogens is 322 g/mol. The largest absolute Gasteiger partial charge is 0.369 e. The summed E-state index contributed by atoms with van der Waals surface area (Å²) in [7, 11) is 8.14. The molecule has 1 fully saturated rings. The second-order valence-corrected chi connectivity index (χ2v) is 7.07. The van der Waals surface area contributed by atoms with Crippen molar-refractivity contribution in [1.29, 1.82) is 0 Å². The molecule has 6 heteroatoms. The van der Waals surface area contributed by atoms with Gasteiger partial charge in [0.25, 0.3) is 0 Å². The number of hydrogen-bond acceptors (Lipinski definition) is 3. The summed E-state index contributed by atoms with van der Waals surface area (Å²) < 4.78 is 0. The quantitative estimate of drug-likeness (QED) is 0.462. The van der Waals surface area contributed by atoms with Crippen LogP contribution in [0.2, 0.25) is 5.02 Å². The average molecular weight is 352 g/mol. The third-order valence-electron chi connectivity index (χ3n) is 4.23. The highest BCUT2D eigenvalue weighted by atomic mass is 35.5. The molecule has 134 valence electrons. The lowest BCUT2D eigenvalue weighted by Crippen LogP contribution is -2.46. The molecule has 0 bridgehead atoms. The number of halogens is 1. The highest BCUT2D eigenvalue weighted by Gasteiger charge is 2.16. The molecule has 5 nitrogen and oxygen atoms in total. The predicted octanol–water partition coefficient (Wildman–Crippen LogP) is 2.33. The summed E-state index contributed by atoms with van der Waals surface area (Å²) in [5.41, 5.74) is 1.23. The van der Waals surface area contributed by atoms with Crippen LogP contribution in [0.5, 0.6) is 0 Å². The molecule has 0 saturated carbocycles. The summed E-state index contributed by atoms with van der Waals surface area (Å²) in [4.78, 5) is 13.8.